The van der Waals surface area contributed by atoms with E-state index >= 15 is 0 Å². The normalized spacial score (nSPS) is 16.7. The van der Waals surface area contributed by atoms with E-state index < -0.39 is 0 Å². The summed E-state index contributed by atoms with van der Waals surface area (Å²) < 4.78 is 5.16. The van der Waals surface area contributed by atoms with Crippen LogP contribution in [-0.4, -0.2) is 40.3 Å². The molecule has 0 unspecified atom stereocenters. The number of likely N-dealkylation sites (tertiary alicyclic amines) is 1. The Morgan fingerprint density at radius 3 is 2.69 bits per heavy atom. The zero-order chi connectivity index (χ0) is 11.9. The fourth-order valence-corrected chi connectivity index (χ4v) is 1.82. The van der Waals surface area contributed by atoms with Gasteiger partial charge in [0.05, 0.1) is 11.8 Å². The van der Waals surface area contributed by atoms with Crippen LogP contribution in [-0.2, 0) is 0 Å². The number of aliphatic hydroxyl groups is 1. The molecule has 1 aromatic heterocycles. The molecule has 0 spiro atoms. The summed E-state index contributed by atoms with van der Waals surface area (Å²) in [6, 6.07) is 0. The molecule has 2 rings (SSSR count). The van der Waals surface area contributed by atoms with Gasteiger partial charge in [0.25, 0.3) is 5.91 Å². The second-order valence-corrected chi connectivity index (χ2v) is 4.53. The van der Waals surface area contributed by atoms with Gasteiger partial charge >= 0.3 is 0 Å². The number of amides is 1. The highest BCUT2D eigenvalue weighted by atomic mass is 16.5. The fraction of sp³-hybridized carbons (Fsp3) is 0.636. The van der Waals surface area contributed by atoms with E-state index in [9.17, 15) is 9.90 Å². The second-order valence-electron chi connectivity index (χ2n) is 4.53. The summed E-state index contributed by atoms with van der Waals surface area (Å²) in [6.45, 7) is 6.49. The third kappa shape index (κ3) is 1.71. The van der Waals surface area contributed by atoms with Gasteiger partial charge in [-0.15, -0.1) is 0 Å². The molecule has 88 valence electrons. The number of aliphatic hydroxyl groups excluding tert-OH is 1. The Bertz CT molecular complexity index is 405. The minimum atomic E-state index is -0.383. The van der Waals surface area contributed by atoms with Crippen LogP contribution in [0.1, 0.15) is 41.6 Å². The summed E-state index contributed by atoms with van der Waals surface area (Å²) in [5, 5.41) is 13.0. The molecule has 0 aromatic carbocycles. The lowest BCUT2D eigenvalue weighted by Gasteiger charge is -2.35. The van der Waals surface area contributed by atoms with Crippen LogP contribution >= 0.6 is 0 Å². The Morgan fingerprint density at radius 2 is 2.19 bits per heavy atom. The number of aromatic nitrogens is 1. The molecular formula is C11H16N2O3. The van der Waals surface area contributed by atoms with Crippen molar-refractivity contribution in [2.75, 3.05) is 13.1 Å². The van der Waals surface area contributed by atoms with Crippen LogP contribution in [0.25, 0.3) is 0 Å². The van der Waals surface area contributed by atoms with Gasteiger partial charge in [-0.05, 0) is 6.92 Å². The number of β-amino-alcohol motifs (C(OH)–C–C–N with tert-alkyl or cyclic N) is 1. The first-order valence-electron chi connectivity index (χ1n) is 5.44. The standard InChI is InChI=1S/C11H16N2O3/c1-6(2)10-9(7(3)12-16-10)11(15)13-4-8(14)5-13/h6,8,14H,4-5H2,1-3H3. The fourth-order valence-electron chi connectivity index (χ4n) is 1.82. The van der Waals surface area contributed by atoms with Crippen molar-refractivity contribution in [1.29, 1.82) is 0 Å². The molecule has 16 heavy (non-hydrogen) atoms. The van der Waals surface area contributed by atoms with Crippen LogP contribution in [0.2, 0.25) is 0 Å². The third-order valence-electron chi connectivity index (χ3n) is 2.78. The van der Waals surface area contributed by atoms with E-state index in [-0.39, 0.29) is 17.9 Å². The summed E-state index contributed by atoms with van der Waals surface area (Å²) in [7, 11) is 0. The number of hydrogen-bond donors (Lipinski definition) is 1. The number of carbonyl (C=O) groups excluding carboxylic acids is 1. The van der Waals surface area contributed by atoms with Crippen molar-refractivity contribution < 1.29 is 14.4 Å². The number of rotatable bonds is 2. The van der Waals surface area contributed by atoms with Crippen molar-refractivity contribution in [3.05, 3.63) is 17.0 Å². The van der Waals surface area contributed by atoms with Crippen LogP contribution < -0.4 is 0 Å². The molecule has 5 nitrogen and oxygen atoms in total. The van der Waals surface area contributed by atoms with Gasteiger partial charge < -0.3 is 14.5 Å². The first-order valence-corrected chi connectivity index (χ1v) is 5.44. The van der Waals surface area contributed by atoms with Gasteiger partial charge in [-0.25, -0.2) is 0 Å². The van der Waals surface area contributed by atoms with Crippen molar-refractivity contribution in [2.45, 2.75) is 32.8 Å². The molecule has 0 saturated carbocycles. The largest absolute Gasteiger partial charge is 0.389 e. The smallest absolute Gasteiger partial charge is 0.259 e. The Labute approximate surface area is 94.0 Å². The van der Waals surface area contributed by atoms with Gasteiger partial charge in [0.2, 0.25) is 0 Å². The highest BCUT2D eigenvalue weighted by Gasteiger charge is 2.33. The van der Waals surface area contributed by atoms with Crippen molar-refractivity contribution in [3.63, 3.8) is 0 Å². The van der Waals surface area contributed by atoms with E-state index in [4.69, 9.17) is 4.52 Å². The molecular weight excluding hydrogens is 208 g/mol. The molecule has 0 atom stereocenters. The van der Waals surface area contributed by atoms with Gasteiger partial charge in [0, 0.05) is 19.0 Å². The van der Waals surface area contributed by atoms with Gasteiger partial charge in [-0.3, -0.25) is 4.79 Å². The number of aryl methyl sites for hydroxylation is 1. The van der Waals surface area contributed by atoms with E-state index in [1.54, 1.807) is 11.8 Å². The summed E-state index contributed by atoms with van der Waals surface area (Å²) in [5.41, 5.74) is 1.18. The van der Waals surface area contributed by atoms with Crippen LogP contribution in [0.4, 0.5) is 0 Å². The van der Waals surface area contributed by atoms with Crippen molar-refractivity contribution in [1.82, 2.24) is 10.1 Å². The molecule has 1 aliphatic heterocycles. The topological polar surface area (TPSA) is 66.6 Å². The lowest BCUT2D eigenvalue weighted by atomic mass is 10.0. The summed E-state index contributed by atoms with van der Waals surface area (Å²) in [4.78, 5) is 13.7. The lowest BCUT2D eigenvalue weighted by molar-refractivity contribution is 0.00567. The van der Waals surface area contributed by atoms with Gasteiger partial charge in [-0.2, -0.15) is 0 Å². The number of nitrogens with zero attached hydrogens (tertiary/aromatic N) is 2. The highest BCUT2D eigenvalue weighted by Crippen LogP contribution is 2.25. The zero-order valence-electron chi connectivity index (χ0n) is 9.73. The molecule has 1 aromatic rings. The molecule has 0 aliphatic carbocycles. The van der Waals surface area contributed by atoms with E-state index in [0.29, 0.717) is 30.1 Å². The minimum Gasteiger partial charge on any atom is -0.389 e. The van der Waals surface area contributed by atoms with Crippen LogP contribution in [0.15, 0.2) is 4.52 Å². The third-order valence-corrected chi connectivity index (χ3v) is 2.78. The summed E-state index contributed by atoms with van der Waals surface area (Å²) in [6.07, 6.45) is -0.383. The molecule has 1 N–H and O–H groups in total. The van der Waals surface area contributed by atoms with E-state index in [1.165, 1.54) is 0 Å². The summed E-state index contributed by atoms with van der Waals surface area (Å²) in [5.74, 6) is 0.669. The second kappa shape index (κ2) is 3.90. The van der Waals surface area contributed by atoms with E-state index in [0.717, 1.165) is 0 Å². The Hall–Kier alpha value is -1.36. The predicted octanol–water partition coefficient (Wildman–Crippen LogP) is 0.923. The van der Waals surface area contributed by atoms with E-state index in [1.807, 2.05) is 13.8 Å². The van der Waals surface area contributed by atoms with Crippen molar-refractivity contribution in [3.8, 4) is 0 Å². The first-order chi connectivity index (χ1) is 7.50. The van der Waals surface area contributed by atoms with Crippen LogP contribution in [0.3, 0.4) is 0 Å². The average Bonchev–Trinajstić information content (AvgIpc) is 2.54. The van der Waals surface area contributed by atoms with Crippen LogP contribution in [0, 0.1) is 6.92 Å². The van der Waals surface area contributed by atoms with Gasteiger partial charge in [-0.1, -0.05) is 19.0 Å². The molecule has 1 fully saturated rings. The van der Waals surface area contributed by atoms with Gasteiger partial charge in [0.15, 0.2) is 5.76 Å². The Morgan fingerprint density at radius 1 is 1.56 bits per heavy atom. The number of hydrogen-bond acceptors (Lipinski definition) is 4. The molecule has 5 heteroatoms. The Balaban J connectivity index is 2.25. The zero-order valence-corrected chi connectivity index (χ0v) is 9.73. The maximum absolute atomic E-state index is 12.1. The SMILES string of the molecule is Cc1noc(C(C)C)c1C(=O)N1CC(O)C1. The lowest BCUT2D eigenvalue weighted by Crippen LogP contribution is -2.53. The maximum Gasteiger partial charge on any atom is 0.259 e. The van der Waals surface area contributed by atoms with Crippen LogP contribution in [0.5, 0.6) is 0 Å². The number of carbonyl (C=O) groups is 1. The molecule has 1 amide bonds. The molecule has 1 aliphatic rings. The van der Waals surface area contributed by atoms with E-state index in [2.05, 4.69) is 5.16 Å². The maximum atomic E-state index is 12.1. The van der Waals surface area contributed by atoms with Gasteiger partial charge in [0.1, 0.15) is 5.56 Å². The van der Waals surface area contributed by atoms with Crippen molar-refractivity contribution >= 4 is 5.91 Å². The highest BCUT2D eigenvalue weighted by molar-refractivity contribution is 5.96. The quantitative estimate of drug-likeness (QED) is 0.811. The summed E-state index contributed by atoms with van der Waals surface area (Å²) >= 11 is 0. The minimum absolute atomic E-state index is 0.0900. The molecule has 2 heterocycles. The molecule has 1 saturated heterocycles. The molecule has 0 bridgehead atoms. The first kappa shape index (κ1) is 11.1. The monoisotopic (exact) mass is 224 g/mol. The Kier molecular flexibility index (Phi) is 2.71. The van der Waals surface area contributed by atoms with Crippen molar-refractivity contribution in [2.24, 2.45) is 0 Å². The average molecular weight is 224 g/mol. The molecule has 0 radical (unpaired) electrons. The predicted molar refractivity (Wildman–Crippen MR) is 57.2 cm³/mol.